The minimum atomic E-state index is -0.389. The van der Waals surface area contributed by atoms with Crippen molar-refractivity contribution in [3.05, 3.63) is 59.9 Å². The number of carbonyl (C=O) groups is 3. The van der Waals surface area contributed by atoms with Gasteiger partial charge < -0.3 is 5.32 Å². The molecular weight excluding hydrogens is 347 g/mol. The molecule has 1 heterocycles. The van der Waals surface area contributed by atoms with Gasteiger partial charge in [-0.15, -0.1) is 0 Å². The number of rotatable bonds is 3. The number of halogens is 1. The molecule has 1 saturated heterocycles. The first-order chi connectivity index (χ1) is 13.0. The van der Waals surface area contributed by atoms with Crippen LogP contribution in [-0.2, 0) is 9.59 Å². The number of nitrogens with zero attached hydrogens (tertiary/aromatic N) is 1. The first-order valence-corrected chi connectivity index (χ1v) is 9.09. The van der Waals surface area contributed by atoms with E-state index in [4.69, 9.17) is 0 Å². The highest BCUT2D eigenvalue weighted by Gasteiger charge is 2.48. The molecule has 2 fully saturated rings. The van der Waals surface area contributed by atoms with Gasteiger partial charge in [0.05, 0.1) is 17.5 Å². The van der Waals surface area contributed by atoms with E-state index >= 15 is 0 Å². The molecule has 0 unspecified atom stereocenters. The van der Waals surface area contributed by atoms with Crippen LogP contribution in [0.5, 0.6) is 0 Å². The lowest BCUT2D eigenvalue weighted by Gasteiger charge is -2.19. The third-order valence-electron chi connectivity index (χ3n) is 5.31. The summed E-state index contributed by atoms with van der Waals surface area (Å²) in [6.07, 6.45) is 3.43. The summed E-state index contributed by atoms with van der Waals surface area (Å²) in [5, 5.41) is 2.68. The number of benzene rings is 2. The molecule has 4 rings (SSSR count). The molecule has 2 aliphatic rings. The highest BCUT2D eigenvalue weighted by atomic mass is 19.1. The molecule has 2 atom stereocenters. The lowest BCUT2D eigenvalue weighted by atomic mass is 9.81. The smallest absolute Gasteiger partial charge is 0.255 e. The number of nitrogens with one attached hydrogen (secondary N) is 1. The fourth-order valence-corrected chi connectivity index (χ4v) is 3.94. The second-order valence-corrected chi connectivity index (χ2v) is 7.02. The predicted octanol–water partition coefficient (Wildman–Crippen LogP) is 3.76. The van der Waals surface area contributed by atoms with Crippen LogP contribution in [-0.4, -0.2) is 17.7 Å². The molecule has 1 N–H and O–H groups in total. The molecule has 5 nitrogen and oxygen atoms in total. The van der Waals surface area contributed by atoms with Crippen LogP contribution in [0.15, 0.2) is 48.5 Å². The number of fused-ring (bicyclic) bond motifs is 1. The van der Waals surface area contributed by atoms with Crippen molar-refractivity contribution in [2.75, 3.05) is 10.2 Å². The van der Waals surface area contributed by atoms with Crippen LogP contribution in [0.3, 0.4) is 0 Å². The molecule has 138 valence electrons. The molecule has 2 aromatic rings. The van der Waals surface area contributed by atoms with Crippen LogP contribution in [0.2, 0.25) is 0 Å². The first-order valence-electron chi connectivity index (χ1n) is 9.09. The second-order valence-electron chi connectivity index (χ2n) is 7.02. The second kappa shape index (κ2) is 6.95. The van der Waals surface area contributed by atoms with Crippen LogP contribution in [0.1, 0.15) is 36.0 Å². The Kier molecular flexibility index (Phi) is 4.48. The highest BCUT2D eigenvalue weighted by molar-refractivity contribution is 6.22. The number of anilines is 2. The monoisotopic (exact) mass is 366 g/mol. The highest BCUT2D eigenvalue weighted by Crippen LogP contribution is 2.40. The van der Waals surface area contributed by atoms with Crippen molar-refractivity contribution in [2.24, 2.45) is 11.8 Å². The zero-order chi connectivity index (χ0) is 19.0. The summed E-state index contributed by atoms with van der Waals surface area (Å²) in [6, 6.07) is 11.9. The normalized spacial score (nSPS) is 21.9. The van der Waals surface area contributed by atoms with E-state index in [1.807, 2.05) is 0 Å². The van der Waals surface area contributed by atoms with E-state index in [2.05, 4.69) is 5.32 Å². The number of amides is 3. The Morgan fingerprint density at radius 1 is 0.963 bits per heavy atom. The number of hydrogen-bond donors (Lipinski definition) is 1. The Morgan fingerprint density at radius 3 is 2.22 bits per heavy atom. The van der Waals surface area contributed by atoms with Crippen molar-refractivity contribution < 1.29 is 18.8 Å². The fraction of sp³-hybridized carbons (Fsp3) is 0.286. The van der Waals surface area contributed by atoms with E-state index < -0.39 is 0 Å². The first kappa shape index (κ1) is 17.4. The molecule has 0 bridgehead atoms. The quantitative estimate of drug-likeness (QED) is 0.841. The number of carbonyl (C=O) groups excluding carboxylic acids is 3. The van der Waals surface area contributed by atoms with Gasteiger partial charge in [0.25, 0.3) is 5.91 Å². The number of hydrogen-bond acceptors (Lipinski definition) is 3. The molecule has 27 heavy (non-hydrogen) atoms. The van der Waals surface area contributed by atoms with Gasteiger partial charge in [-0.05, 0) is 55.3 Å². The summed E-state index contributed by atoms with van der Waals surface area (Å²) in [7, 11) is 0. The Balaban J connectivity index is 1.57. The molecule has 1 aliphatic heterocycles. The lowest BCUT2D eigenvalue weighted by molar-refractivity contribution is -0.122. The summed E-state index contributed by atoms with van der Waals surface area (Å²) >= 11 is 0. The summed E-state index contributed by atoms with van der Waals surface area (Å²) in [4.78, 5) is 39.2. The van der Waals surface area contributed by atoms with Crippen LogP contribution >= 0.6 is 0 Å². The van der Waals surface area contributed by atoms with E-state index in [0.29, 0.717) is 16.9 Å². The van der Waals surface area contributed by atoms with E-state index in [1.54, 1.807) is 24.3 Å². The van der Waals surface area contributed by atoms with Gasteiger partial charge in [-0.3, -0.25) is 19.3 Å². The molecule has 2 aromatic carbocycles. The van der Waals surface area contributed by atoms with Crippen molar-refractivity contribution in [1.29, 1.82) is 0 Å². The maximum Gasteiger partial charge on any atom is 0.255 e. The summed E-state index contributed by atoms with van der Waals surface area (Å²) in [5.41, 5.74) is 1.21. The van der Waals surface area contributed by atoms with Crippen LogP contribution in [0.4, 0.5) is 15.8 Å². The van der Waals surface area contributed by atoms with Gasteiger partial charge in [0, 0.05) is 11.3 Å². The van der Waals surface area contributed by atoms with Gasteiger partial charge >= 0.3 is 0 Å². The van der Waals surface area contributed by atoms with Gasteiger partial charge in [0.1, 0.15) is 5.82 Å². The van der Waals surface area contributed by atoms with Crippen molar-refractivity contribution in [3.8, 4) is 0 Å². The van der Waals surface area contributed by atoms with E-state index in [-0.39, 0.29) is 35.4 Å². The van der Waals surface area contributed by atoms with Gasteiger partial charge in [-0.2, -0.15) is 0 Å². The molecule has 6 heteroatoms. The van der Waals surface area contributed by atoms with Gasteiger partial charge in [-0.25, -0.2) is 4.39 Å². The van der Waals surface area contributed by atoms with Crippen molar-refractivity contribution >= 4 is 29.1 Å². The summed E-state index contributed by atoms with van der Waals surface area (Å²) in [6.45, 7) is 0. The molecular formula is C21H19FN2O3. The van der Waals surface area contributed by atoms with Crippen molar-refractivity contribution in [3.63, 3.8) is 0 Å². The molecule has 0 radical (unpaired) electrons. The Hall–Kier alpha value is -3.02. The molecule has 0 aromatic heterocycles. The number of imide groups is 1. The van der Waals surface area contributed by atoms with E-state index in [9.17, 15) is 18.8 Å². The SMILES string of the molecule is O=C(Nc1ccc(F)cc1)c1cccc(N2C(=O)[C@H]3CCCC[C@@H]3C2=O)c1. The molecule has 0 spiro atoms. The van der Waals surface area contributed by atoms with Crippen molar-refractivity contribution in [2.45, 2.75) is 25.7 Å². The van der Waals surface area contributed by atoms with Crippen molar-refractivity contribution in [1.82, 2.24) is 0 Å². The Morgan fingerprint density at radius 2 is 1.59 bits per heavy atom. The zero-order valence-electron chi connectivity index (χ0n) is 14.7. The zero-order valence-corrected chi connectivity index (χ0v) is 14.7. The Bertz CT molecular complexity index is 886. The summed E-state index contributed by atoms with van der Waals surface area (Å²) < 4.78 is 13.0. The average Bonchev–Trinajstić information content (AvgIpc) is 2.95. The van der Waals surface area contributed by atoms with Crippen LogP contribution < -0.4 is 10.2 Å². The van der Waals surface area contributed by atoms with E-state index in [1.165, 1.54) is 29.2 Å². The minimum absolute atomic E-state index is 0.166. The lowest BCUT2D eigenvalue weighted by Crippen LogP contribution is -2.31. The maximum absolute atomic E-state index is 13.0. The van der Waals surface area contributed by atoms with Crippen LogP contribution in [0.25, 0.3) is 0 Å². The maximum atomic E-state index is 13.0. The molecule has 3 amide bonds. The van der Waals surface area contributed by atoms with Gasteiger partial charge in [-0.1, -0.05) is 18.9 Å². The fourth-order valence-electron chi connectivity index (χ4n) is 3.94. The third kappa shape index (κ3) is 3.23. The predicted molar refractivity (Wildman–Crippen MR) is 98.7 cm³/mol. The van der Waals surface area contributed by atoms with E-state index in [0.717, 1.165) is 25.7 Å². The summed E-state index contributed by atoms with van der Waals surface area (Å²) in [5.74, 6) is -1.57. The van der Waals surface area contributed by atoms with Gasteiger partial charge in [0.15, 0.2) is 0 Å². The average molecular weight is 366 g/mol. The molecule has 1 saturated carbocycles. The standard InChI is InChI=1S/C21H19FN2O3/c22-14-8-10-15(11-9-14)23-19(25)13-4-3-5-16(12-13)24-20(26)17-6-1-2-7-18(17)21(24)27/h3-5,8-12,17-18H,1-2,6-7H2,(H,23,25)/t17-,18-/m0/s1. The topological polar surface area (TPSA) is 66.5 Å². The Labute approximate surface area is 156 Å². The minimum Gasteiger partial charge on any atom is -0.322 e. The third-order valence-corrected chi connectivity index (χ3v) is 5.31. The largest absolute Gasteiger partial charge is 0.322 e. The van der Waals surface area contributed by atoms with Crippen LogP contribution in [0, 0.1) is 17.7 Å². The van der Waals surface area contributed by atoms with Gasteiger partial charge in [0.2, 0.25) is 11.8 Å². The molecule has 1 aliphatic carbocycles.